The van der Waals surface area contributed by atoms with Crippen LogP contribution in [0.25, 0.3) is 5.69 Å². The molecule has 2 aliphatic rings. The van der Waals surface area contributed by atoms with Crippen LogP contribution in [-0.4, -0.2) is 34.3 Å². The second kappa shape index (κ2) is 8.88. The first-order chi connectivity index (χ1) is 14.2. The zero-order valence-corrected chi connectivity index (χ0v) is 17.8. The molecule has 0 saturated carbocycles. The molecule has 1 aliphatic carbocycles. The van der Waals surface area contributed by atoms with Crippen molar-refractivity contribution in [1.82, 2.24) is 14.7 Å². The molecule has 0 spiro atoms. The topological polar surface area (TPSA) is 47.1 Å². The molecule has 4 nitrogen and oxygen atoms in total. The van der Waals surface area contributed by atoms with Crippen molar-refractivity contribution in [2.75, 3.05) is 19.6 Å². The molecule has 2 aromatic carbocycles. The third-order valence-corrected chi connectivity index (χ3v) is 6.51. The number of hydrogen-bond acceptors (Lipinski definition) is 3. The molecule has 0 radical (unpaired) electrons. The van der Waals surface area contributed by atoms with Gasteiger partial charge in [-0.1, -0.05) is 30.3 Å². The van der Waals surface area contributed by atoms with Crippen LogP contribution < -0.4 is 5.73 Å². The van der Waals surface area contributed by atoms with Gasteiger partial charge in [0.05, 0.1) is 11.4 Å². The first-order valence-corrected chi connectivity index (χ1v) is 10.6. The molecule has 5 rings (SSSR count). The number of benzene rings is 2. The van der Waals surface area contributed by atoms with E-state index < -0.39 is 0 Å². The Morgan fingerprint density at radius 2 is 1.77 bits per heavy atom. The van der Waals surface area contributed by atoms with Crippen LogP contribution in [0.15, 0.2) is 54.6 Å². The number of halogens is 2. The number of aromatic nitrogens is 2. The Morgan fingerprint density at radius 1 is 1.00 bits per heavy atom. The molecule has 0 unspecified atom stereocenters. The predicted octanol–water partition coefficient (Wildman–Crippen LogP) is 4.10. The summed E-state index contributed by atoms with van der Waals surface area (Å²) in [7, 11) is 0. The monoisotopic (exact) mass is 426 g/mol. The number of fused-ring (bicyclic) bond motifs is 1. The van der Waals surface area contributed by atoms with E-state index in [-0.39, 0.29) is 18.2 Å². The van der Waals surface area contributed by atoms with Gasteiger partial charge in [0.2, 0.25) is 0 Å². The average molecular weight is 427 g/mol. The molecule has 2 atom stereocenters. The number of nitrogens with two attached hydrogens (primary N) is 1. The summed E-state index contributed by atoms with van der Waals surface area (Å²) in [5.74, 6) is 0.743. The summed E-state index contributed by atoms with van der Waals surface area (Å²) in [5.41, 5.74) is 12.3. The van der Waals surface area contributed by atoms with Crippen molar-refractivity contribution < 1.29 is 4.39 Å². The van der Waals surface area contributed by atoms with E-state index in [4.69, 9.17) is 10.8 Å². The van der Waals surface area contributed by atoms with Crippen LogP contribution in [0, 0.1) is 11.7 Å². The van der Waals surface area contributed by atoms with E-state index in [1.807, 2.05) is 16.8 Å². The fraction of sp³-hybridized carbons (Fsp3) is 0.375. The summed E-state index contributed by atoms with van der Waals surface area (Å²) in [4.78, 5) is 2.51. The third kappa shape index (κ3) is 3.89. The van der Waals surface area contributed by atoms with E-state index in [1.54, 1.807) is 0 Å². The van der Waals surface area contributed by atoms with E-state index in [1.165, 1.54) is 41.1 Å². The van der Waals surface area contributed by atoms with Crippen LogP contribution in [0.4, 0.5) is 4.39 Å². The first kappa shape index (κ1) is 21.0. The van der Waals surface area contributed by atoms with Crippen LogP contribution in [0.5, 0.6) is 0 Å². The molecule has 6 heteroatoms. The second-order valence-corrected chi connectivity index (χ2v) is 8.32. The lowest BCUT2D eigenvalue weighted by Crippen LogP contribution is -2.23. The SMILES string of the molecule is Cl.NC[C@@H]1CN(Cc2nn(-c3ccc(F)cc3)c3c2CCC3)C[C@H]1c1ccccc1. The predicted molar refractivity (Wildman–Crippen MR) is 120 cm³/mol. The average Bonchev–Trinajstić information content (AvgIpc) is 3.46. The molecule has 0 bridgehead atoms. The minimum absolute atomic E-state index is 0. The molecule has 0 amide bonds. The summed E-state index contributed by atoms with van der Waals surface area (Å²) in [6.07, 6.45) is 3.29. The summed E-state index contributed by atoms with van der Waals surface area (Å²) in [5, 5.41) is 4.97. The largest absolute Gasteiger partial charge is 0.330 e. The highest BCUT2D eigenvalue weighted by atomic mass is 35.5. The van der Waals surface area contributed by atoms with Gasteiger partial charge in [0.25, 0.3) is 0 Å². The van der Waals surface area contributed by atoms with E-state index >= 15 is 0 Å². The minimum atomic E-state index is -0.213. The fourth-order valence-electron chi connectivity index (χ4n) is 5.05. The maximum atomic E-state index is 13.4. The van der Waals surface area contributed by atoms with Crippen molar-refractivity contribution in [2.24, 2.45) is 11.7 Å². The van der Waals surface area contributed by atoms with Crippen molar-refractivity contribution in [3.8, 4) is 5.69 Å². The van der Waals surface area contributed by atoms with Crippen LogP contribution in [0.1, 0.15) is 34.9 Å². The van der Waals surface area contributed by atoms with Crippen molar-refractivity contribution in [2.45, 2.75) is 31.7 Å². The standard InChI is InChI=1S/C24H27FN4.ClH/c25-19-9-11-20(12-10-19)29-24-8-4-7-21(24)23(27-29)16-28-14-18(13-26)22(15-28)17-5-2-1-3-6-17;/h1-3,5-6,9-12,18,22H,4,7-8,13-16,26H2;1H/t18-,22+;/m1./s1. The quantitative estimate of drug-likeness (QED) is 0.668. The Bertz CT molecular complexity index is 986. The Labute approximate surface area is 183 Å². The number of nitrogens with zero attached hydrogens (tertiary/aromatic N) is 3. The van der Waals surface area contributed by atoms with E-state index in [9.17, 15) is 4.39 Å². The van der Waals surface area contributed by atoms with Gasteiger partial charge in [0.1, 0.15) is 5.82 Å². The number of rotatable bonds is 5. The molecule has 1 aromatic heterocycles. The molecule has 2 heterocycles. The zero-order valence-electron chi connectivity index (χ0n) is 17.0. The smallest absolute Gasteiger partial charge is 0.123 e. The van der Waals surface area contributed by atoms with Crippen molar-refractivity contribution in [3.05, 3.63) is 82.9 Å². The number of likely N-dealkylation sites (tertiary alicyclic amines) is 1. The van der Waals surface area contributed by atoms with E-state index in [0.29, 0.717) is 18.4 Å². The molecular formula is C24H28ClFN4. The maximum absolute atomic E-state index is 13.4. The van der Waals surface area contributed by atoms with Gasteiger partial charge in [-0.05, 0) is 67.1 Å². The molecule has 158 valence electrons. The van der Waals surface area contributed by atoms with Crippen molar-refractivity contribution in [1.29, 1.82) is 0 Å². The van der Waals surface area contributed by atoms with Crippen LogP contribution in [-0.2, 0) is 19.4 Å². The second-order valence-electron chi connectivity index (χ2n) is 8.32. The van der Waals surface area contributed by atoms with E-state index in [0.717, 1.165) is 38.2 Å². The van der Waals surface area contributed by atoms with E-state index in [2.05, 4.69) is 35.2 Å². The minimum Gasteiger partial charge on any atom is -0.330 e. The molecule has 1 fully saturated rings. The third-order valence-electron chi connectivity index (χ3n) is 6.51. The van der Waals surface area contributed by atoms with Crippen LogP contribution in [0.3, 0.4) is 0 Å². The van der Waals surface area contributed by atoms with Crippen LogP contribution >= 0.6 is 12.4 Å². The highest BCUT2D eigenvalue weighted by Crippen LogP contribution is 2.34. The van der Waals surface area contributed by atoms with Gasteiger partial charge in [-0.3, -0.25) is 4.90 Å². The lowest BCUT2D eigenvalue weighted by atomic mass is 9.89. The zero-order chi connectivity index (χ0) is 19.8. The van der Waals surface area contributed by atoms with Crippen molar-refractivity contribution >= 4 is 12.4 Å². The molecule has 3 aromatic rings. The Kier molecular flexibility index (Phi) is 6.23. The highest BCUT2D eigenvalue weighted by Gasteiger charge is 2.34. The van der Waals surface area contributed by atoms with Gasteiger partial charge in [0.15, 0.2) is 0 Å². The summed E-state index contributed by atoms with van der Waals surface area (Å²) in [6, 6.07) is 17.4. The molecular weight excluding hydrogens is 399 g/mol. The van der Waals surface area contributed by atoms with Gasteiger partial charge in [-0.15, -0.1) is 12.4 Å². The lowest BCUT2D eigenvalue weighted by molar-refractivity contribution is 0.311. The van der Waals surface area contributed by atoms with Gasteiger partial charge < -0.3 is 5.73 Å². The highest BCUT2D eigenvalue weighted by molar-refractivity contribution is 5.85. The molecule has 1 saturated heterocycles. The molecule has 30 heavy (non-hydrogen) atoms. The van der Waals surface area contributed by atoms with Gasteiger partial charge in [-0.25, -0.2) is 9.07 Å². The van der Waals surface area contributed by atoms with Gasteiger partial charge in [-0.2, -0.15) is 5.10 Å². The Hall–Kier alpha value is -2.21. The fourth-order valence-corrected chi connectivity index (χ4v) is 5.05. The summed E-state index contributed by atoms with van der Waals surface area (Å²) < 4.78 is 15.4. The Balaban J connectivity index is 0.00000218. The first-order valence-electron chi connectivity index (χ1n) is 10.6. The normalized spacial score (nSPS) is 20.9. The van der Waals surface area contributed by atoms with Gasteiger partial charge in [0, 0.05) is 31.2 Å². The molecule has 1 aliphatic heterocycles. The van der Waals surface area contributed by atoms with Crippen LogP contribution in [0.2, 0.25) is 0 Å². The lowest BCUT2D eigenvalue weighted by Gasteiger charge is -2.16. The maximum Gasteiger partial charge on any atom is 0.123 e. The molecule has 2 N–H and O–H groups in total. The number of hydrogen-bond donors (Lipinski definition) is 1. The van der Waals surface area contributed by atoms with Crippen molar-refractivity contribution in [3.63, 3.8) is 0 Å². The van der Waals surface area contributed by atoms with Gasteiger partial charge >= 0.3 is 0 Å². The summed E-state index contributed by atoms with van der Waals surface area (Å²) >= 11 is 0. The summed E-state index contributed by atoms with van der Waals surface area (Å²) in [6.45, 7) is 3.59. The Morgan fingerprint density at radius 3 is 2.50 bits per heavy atom.